The van der Waals surface area contributed by atoms with E-state index in [1.54, 1.807) is 0 Å². The Morgan fingerprint density at radius 1 is 1.29 bits per heavy atom. The molecule has 0 aliphatic carbocycles. The van der Waals surface area contributed by atoms with Crippen molar-refractivity contribution in [1.29, 1.82) is 0 Å². The SMILES string of the molecule is O=c1c(CS(=O)(=O)O)c[nH]c2cc(OC(F)(F)F)ccc12. The van der Waals surface area contributed by atoms with Crippen molar-refractivity contribution in [2.45, 2.75) is 12.1 Å². The summed E-state index contributed by atoms with van der Waals surface area (Å²) in [6, 6.07) is 2.96. The molecule has 0 aliphatic rings. The first-order chi connectivity index (χ1) is 9.55. The van der Waals surface area contributed by atoms with Gasteiger partial charge in [-0.15, -0.1) is 13.2 Å². The summed E-state index contributed by atoms with van der Waals surface area (Å²) >= 11 is 0. The lowest BCUT2D eigenvalue weighted by molar-refractivity contribution is -0.274. The highest BCUT2D eigenvalue weighted by Crippen LogP contribution is 2.24. The van der Waals surface area contributed by atoms with Crippen LogP contribution in [0.25, 0.3) is 10.9 Å². The van der Waals surface area contributed by atoms with Gasteiger partial charge in [-0.1, -0.05) is 0 Å². The van der Waals surface area contributed by atoms with Crippen LogP contribution in [0, 0.1) is 0 Å². The van der Waals surface area contributed by atoms with Gasteiger partial charge in [-0.2, -0.15) is 8.42 Å². The second kappa shape index (κ2) is 5.04. The summed E-state index contributed by atoms with van der Waals surface area (Å²) in [5, 5.41) is -0.0225. The Hall–Kier alpha value is -2.07. The van der Waals surface area contributed by atoms with Gasteiger partial charge in [0.05, 0.1) is 5.52 Å². The predicted octanol–water partition coefficient (Wildman–Crippen LogP) is 1.81. The van der Waals surface area contributed by atoms with Gasteiger partial charge in [0.25, 0.3) is 10.1 Å². The molecular formula is C11H8F3NO5S. The van der Waals surface area contributed by atoms with E-state index >= 15 is 0 Å². The fourth-order valence-electron chi connectivity index (χ4n) is 1.75. The summed E-state index contributed by atoms with van der Waals surface area (Å²) in [5.41, 5.74) is -0.893. The molecule has 2 rings (SSSR count). The van der Waals surface area contributed by atoms with Crippen LogP contribution in [0.3, 0.4) is 0 Å². The molecule has 2 aromatic rings. The van der Waals surface area contributed by atoms with Crippen molar-refractivity contribution in [2.24, 2.45) is 0 Å². The maximum Gasteiger partial charge on any atom is 0.573 e. The number of hydrogen-bond acceptors (Lipinski definition) is 4. The molecule has 2 N–H and O–H groups in total. The molecule has 0 radical (unpaired) electrons. The van der Waals surface area contributed by atoms with Crippen molar-refractivity contribution in [3.05, 3.63) is 40.2 Å². The molecule has 10 heteroatoms. The number of benzene rings is 1. The van der Waals surface area contributed by atoms with Crippen LogP contribution in [-0.2, 0) is 15.9 Å². The Morgan fingerprint density at radius 3 is 2.52 bits per heavy atom. The van der Waals surface area contributed by atoms with E-state index in [0.29, 0.717) is 0 Å². The number of H-pyrrole nitrogens is 1. The largest absolute Gasteiger partial charge is 0.573 e. The van der Waals surface area contributed by atoms with Crippen LogP contribution in [0.2, 0.25) is 0 Å². The third-order valence-corrected chi connectivity index (χ3v) is 3.18. The molecular weight excluding hydrogens is 315 g/mol. The lowest BCUT2D eigenvalue weighted by Crippen LogP contribution is -2.17. The van der Waals surface area contributed by atoms with Gasteiger partial charge in [0.15, 0.2) is 5.43 Å². The van der Waals surface area contributed by atoms with Gasteiger partial charge < -0.3 is 9.72 Å². The van der Waals surface area contributed by atoms with Gasteiger partial charge in [-0.3, -0.25) is 9.35 Å². The molecule has 0 bridgehead atoms. The topological polar surface area (TPSA) is 96.5 Å². The van der Waals surface area contributed by atoms with E-state index in [4.69, 9.17) is 4.55 Å². The van der Waals surface area contributed by atoms with Gasteiger partial charge in [0, 0.05) is 23.2 Å². The average molecular weight is 323 g/mol. The molecule has 1 aromatic heterocycles. The van der Waals surface area contributed by atoms with E-state index in [1.807, 2.05) is 0 Å². The molecule has 0 fully saturated rings. The summed E-state index contributed by atoms with van der Waals surface area (Å²) in [6.45, 7) is 0. The summed E-state index contributed by atoms with van der Waals surface area (Å²) in [7, 11) is -4.39. The molecule has 1 aromatic carbocycles. The third-order valence-electron chi connectivity index (χ3n) is 2.50. The van der Waals surface area contributed by atoms with Crippen molar-refractivity contribution >= 4 is 21.0 Å². The van der Waals surface area contributed by atoms with Crippen LogP contribution >= 0.6 is 0 Å². The highest BCUT2D eigenvalue weighted by molar-refractivity contribution is 7.85. The molecule has 0 spiro atoms. The Bertz CT molecular complexity index is 841. The fourth-order valence-corrected chi connectivity index (χ4v) is 2.35. The first kappa shape index (κ1) is 15.3. The number of nitrogens with one attached hydrogen (secondary N) is 1. The smallest absolute Gasteiger partial charge is 0.406 e. The first-order valence-electron chi connectivity index (χ1n) is 5.40. The maximum atomic E-state index is 12.1. The summed E-state index contributed by atoms with van der Waals surface area (Å²) < 4.78 is 70.2. The van der Waals surface area contributed by atoms with Gasteiger partial charge in [0.1, 0.15) is 11.5 Å². The third kappa shape index (κ3) is 3.95. The first-order valence-corrected chi connectivity index (χ1v) is 7.01. The Morgan fingerprint density at radius 2 is 1.95 bits per heavy atom. The zero-order valence-corrected chi connectivity index (χ0v) is 11.0. The zero-order chi connectivity index (χ0) is 15.8. The Kier molecular flexibility index (Phi) is 3.68. The highest BCUT2D eigenvalue weighted by atomic mass is 32.2. The average Bonchev–Trinajstić information content (AvgIpc) is 2.29. The molecule has 0 atom stereocenters. The molecule has 21 heavy (non-hydrogen) atoms. The number of halogens is 3. The molecule has 0 amide bonds. The number of rotatable bonds is 3. The number of hydrogen-bond donors (Lipinski definition) is 2. The monoisotopic (exact) mass is 323 g/mol. The number of aromatic amines is 1. The van der Waals surface area contributed by atoms with E-state index < -0.39 is 33.4 Å². The molecule has 1 heterocycles. The van der Waals surface area contributed by atoms with Crippen LogP contribution in [0.1, 0.15) is 5.56 Å². The lowest BCUT2D eigenvalue weighted by atomic mass is 10.1. The van der Waals surface area contributed by atoms with Gasteiger partial charge in [-0.05, 0) is 12.1 Å². The van der Waals surface area contributed by atoms with Crippen molar-refractivity contribution in [3.63, 3.8) is 0 Å². The highest BCUT2D eigenvalue weighted by Gasteiger charge is 2.31. The molecule has 0 saturated carbocycles. The van der Waals surface area contributed by atoms with Crippen molar-refractivity contribution in [3.8, 4) is 5.75 Å². The molecule has 6 nitrogen and oxygen atoms in total. The molecule has 0 aliphatic heterocycles. The number of aromatic nitrogens is 1. The molecule has 0 unspecified atom stereocenters. The zero-order valence-electron chi connectivity index (χ0n) is 10.1. The van der Waals surface area contributed by atoms with Crippen LogP contribution in [0.5, 0.6) is 5.75 Å². The standard InChI is InChI=1S/C11H8F3NO5S/c12-11(13,14)20-7-1-2-8-9(3-7)15-4-6(10(8)16)5-21(17,18)19/h1-4H,5H2,(H,15,16)(H,17,18,19). The quantitative estimate of drug-likeness (QED) is 0.840. The summed E-state index contributed by atoms with van der Waals surface area (Å²) in [6.07, 6.45) is -3.85. The maximum absolute atomic E-state index is 12.1. The minimum atomic E-state index is -4.86. The second-order valence-electron chi connectivity index (χ2n) is 4.12. The second-order valence-corrected chi connectivity index (χ2v) is 5.58. The number of alkyl halides is 3. The minimum Gasteiger partial charge on any atom is -0.406 e. The van der Waals surface area contributed by atoms with Crippen LogP contribution < -0.4 is 10.2 Å². The molecule has 114 valence electrons. The van der Waals surface area contributed by atoms with Crippen molar-refractivity contribution in [2.75, 3.05) is 0 Å². The predicted molar refractivity (Wildman–Crippen MR) is 66.5 cm³/mol. The van der Waals surface area contributed by atoms with Crippen LogP contribution in [-0.4, -0.2) is 24.3 Å². The van der Waals surface area contributed by atoms with Crippen molar-refractivity contribution in [1.82, 2.24) is 4.98 Å². The number of ether oxygens (including phenoxy) is 1. The Balaban J connectivity index is 2.49. The molecule has 0 saturated heterocycles. The summed E-state index contributed by atoms with van der Waals surface area (Å²) in [5.74, 6) is -1.41. The van der Waals surface area contributed by atoms with E-state index in [-0.39, 0.29) is 16.5 Å². The van der Waals surface area contributed by atoms with Crippen LogP contribution in [0.4, 0.5) is 13.2 Å². The Labute approximate surface area is 115 Å². The van der Waals surface area contributed by atoms with Gasteiger partial charge in [-0.25, -0.2) is 0 Å². The van der Waals surface area contributed by atoms with E-state index in [2.05, 4.69) is 9.72 Å². The lowest BCUT2D eigenvalue weighted by Gasteiger charge is -2.09. The normalized spacial score (nSPS) is 12.6. The van der Waals surface area contributed by atoms with Crippen LogP contribution in [0.15, 0.2) is 29.2 Å². The van der Waals surface area contributed by atoms with E-state index in [1.165, 1.54) is 0 Å². The minimum absolute atomic E-state index is 0.0225. The fraction of sp³-hybridized carbons (Fsp3) is 0.182. The summed E-state index contributed by atoms with van der Waals surface area (Å²) in [4.78, 5) is 14.4. The number of fused-ring (bicyclic) bond motifs is 1. The van der Waals surface area contributed by atoms with Crippen molar-refractivity contribution < 1.29 is 30.9 Å². The van der Waals surface area contributed by atoms with Gasteiger partial charge >= 0.3 is 6.36 Å². The van der Waals surface area contributed by atoms with Gasteiger partial charge in [0.2, 0.25) is 0 Å². The number of pyridine rings is 1. The van der Waals surface area contributed by atoms with E-state index in [0.717, 1.165) is 24.4 Å². The van der Waals surface area contributed by atoms with E-state index in [9.17, 15) is 26.4 Å².